The van der Waals surface area contributed by atoms with E-state index < -0.39 is 0 Å². The fourth-order valence-electron chi connectivity index (χ4n) is 3.00. The van der Waals surface area contributed by atoms with Gasteiger partial charge in [0, 0.05) is 22.4 Å². The first kappa shape index (κ1) is 15.6. The summed E-state index contributed by atoms with van der Waals surface area (Å²) < 4.78 is 2.18. The summed E-state index contributed by atoms with van der Waals surface area (Å²) in [7, 11) is 0. The molecule has 0 unspecified atom stereocenters. The number of rotatable bonds is 2. The van der Waals surface area contributed by atoms with Crippen molar-refractivity contribution in [1.82, 2.24) is 14.5 Å². The Labute approximate surface area is 148 Å². The lowest BCUT2D eigenvalue weighted by atomic mass is 9.92. The van der Waals surface area contributed by atoms with Crippen molar-refractivity contribution in [3.05, 3.63) is 78.5 Å². The summed E-state index contributed by atoms with van der Waals surface area (Å²) in [4.78, 5) is 9.73. The van der Waals surface area contributed by atoms with Crippen molar-refractivity contribution in [3.8, 4) is 17.1 Å². The van der Waals surface area contributed by atoms with E-state index in [2.05, 4.69) is 61.7 Å². The Hall–Kier alpha value is -2.94. The molecule has 0 saturated heterocycles. The van der Waals surface area contributed by atoms with E-state index in [0.717, 1.165) is 33.9 Å². The van der Waals surface area contributed by atoms with E-state index in [1.807, 2.05) is 36.4 Å². The molecule has 25 heavy (non-hydrogen) atoms. The molecular weight excluding hydrogens is 306 g/mol. The molecule has 4 aromatic rings. The molecule has 3 nitrogen and oxygen atoms in total. The van der Waals surface area contributed by atoms with Gasteiger partial charge in [0.1, 0.15) is 5.82 Å². The van der Waals surface area contributed by atoms with Gasteiger partial charge in [-0.3, -0.25) is 4.57 Å². The minimum atomic E-state index is -0.00235. The Morgan fingerprint density at radius 1 is 0.720 bits per heavy atom. The molecule has 2 aromatic carbocycles. The van der Waals surface area contributed by atoms with Crippen LogP contribution in [0.2, 0.25) is 0 Å². The van der Waals surface area contributed by atoms with Crippen molar-refractivity contribution in [2.24, 2.45) is 0 Å². The molecule has 2 aromatic heterocycles. The first-order valence-electron chi connectivity index (χ1n) is 8.55. The Morgan fingerprint density at radius 2 is 1.36 bits per heavy atom. The maximum atomic E-state index is 4.89. The van der Waals surface area contributed by atoms with Crippen LogP contribution in [0.15, 0.2) is 72.8 Å². The van der Waals surface area contributed by atoms with Crippen molar-refractivity contribution in [1.29, 1.82) is 0 Å². The molecule has 124 valence electrons. The van der Waals surface area contributed by atoms with E-state index >= 15 is 0 Å². The number of para-hydroxylation sites is 1. The van der Waals surface area contributed by atoms with Gasteiger partial charge in [-0.1, -0.05) is 69.3 Å². The van der Waals surface area contributed by atoms with E-state index in [1.165, 1.54) is 0 Å². The van der Waals surface area contributed by atoms with E-state index in [4.69, 9.17) is 9.97 Å². The van der Waals surface area contributed by atoms with Crippen LogP contribution >= 0.6 is 0 Å². The number of benzene rings is 2. The molecule has 0 saturated carbocycles. The van der Waals surface area contributed by atoms with Gasteiger partial charge in [-0.05, 0) is 24.3 Å². The molecule has 0 bridgehead atoms. The average molecular weight is 327 g/mol. The van der Waals surface area contributed by atoms with Gasteiger partial charge in [-0.25, -0.2) is 9.97 Å². The molecule has 4 rings (SSSR count). The third-order valence-electron chi connectivity index (χ3n) is 4.33. The van der Waals surface area contributed by atoms with E-state index in [1.54, 1.807) is 0 Å². The number of aromatic nitrogens is 3. The van der Waals surface area contributed by atoms with Gasteiger partial charge in [0.25, 0.3) is 0 Å². The second kappa shape index (κ2) is 5.85. The Balaban J connectivity index is 2.02. The van der Waals surface area contributed by atoms with Crippen LogP contribution in [0.1, 0.15) is 26.5 Å². The molecule has 3 heteroatoms. The van der Waals surface area contributed by atoms with Crippen LogP contribution < -0.4 is 0 Å². The van der Waals surface area contributed by atoms with Crippen molar-refractivity contribution < 1.29 is 0 Å². The minimum absolute atomic E-state index is 0.00235. The normalized spacial score (nSPS) is 11.8. The van der Waals surface area contributed by atoms with E-state index in [9.17, 15) is 0 Å². The van der Waals surface area contributed by atoms with Crippen molar-refractivity contribution in [2.75, 3.05) is 0 Å². The monoisotopic (exact) mass is 327 g/mol. The fraction of sp³-hybridized carbons (Fsp3) is 0.182. The molecule has 0 spiro atoms. The molecule has 0 aliphatic heterocycles. The highest BCUT2D eigenvalue weighted by atomic mass is 15.1. The summed E-state index contributed by atoms with van der Waals surface area (Å²) in [5, 5.41) is 0. The highest BCUT2D eigenvalue weighted by Crippen LogP contribution is 2.29. The summed E-state index contributed by atoms with van der Waals surface area (Å²) in [6, 6.07) is 24.9. The third kappa shape index (κ3) is 2.82. The molecule has 2 heterocycles. The van der Waals surface area contributed by atoms with Gasteiger partial charge in [0.2, 0.25) is 0 Å². The first-order chi connectivity index (χ1) is 12.0. The quantitative estimate of drug-likeness (QED) is 0.494. The van der Waals surface area contributed by atoms with Crippen LogP contribution in [0, 0.1) is 0 Å². The van der Waals surface area contributed by atoms with Gasteiger partial charge in [0.05, 0.1) is 5.52 Å². The summed E-state index contributed by atoms with van der Waals surface area (Å²) in [6.45, 7) is 6.52. The molecular formula is C22H21N3. The lowest BCUT2D eigenvalue weighted by molar-refractivity contribution is 0.571. The molecule has 0 aliphatic carbocycles. The highest BCUT2D eigenvalue weighted by Gasteiger charge is 2.19. The van der Waals surface area contributed by atoms with Gasteiger partial charge >= 0.3 is 0 Å². The van der Waals surface area contributed by atoms with Gasteiger partial charge in [-0.15, -0.1) is 0 Å². The number of hydrogen-bond acceptors (Lipinski definition) is 2. The van der Waals surface area contributed by atoms with E-state index in [-0.39, 0.29) is 5.41 Å². The molecule has 0 radical (unpaired) electrons. The largest absolute Gasteiger partial charge is 0.291 e. The summed E-state index contributed by atoms with van der Waals surface area (Å²) in [5.41, 5.74) is 5.04. The Morgan fingerprint density at radius 3 is 2.00 bits per heavy atom. The zero-order chi connectivity index (χ0) is 17.4. The Bertz CT molecular complexity index is 1010. The van der Waals surface area contributed by atoms with Crippen LogP contribution in [0.25, 0.3) is 28.2 Å². The van der Waals surface area contributed by atoms with Crippen LogP contribution in [0.4, 0.5) is 0 Å². The maximum Gasteiger partial charge on any atom is 0.178 e. The molecule has 0 aliphatic rings. The molecule has 0 amide bonds. The van der Waals surface area contributed by atoms with Gasteiger partial charge in [0.15, 0.2) is 5.65 Å². The highest BCUT2D eigenvalue weighted by molar-refractivity contribution is 5.80. The zero-order valence-electron chi connectivity index (χ0n) is 14.8. The molecule has 0 N–H and O–H groups in total. The lowest BCUT2D eigenvalue weighted by Crippen LogP contribution is -2.13. The van der Waals surface area contributed by atoms with Crippen molar-refractivity contribution in [2.45, 2.75) is 26.2 Å². The summed E-state index contributed by atoms with van der Waals surface area (Å²) >= 11 is 0. The standard InChI is InChI=1S/C22H21N3/c1-22(2,3)19-15-14-18-20(23-19)24-21(16-10-6-4-7-11-16)25(18)17-12-8-5-9-13-17/h4-15H,1-3H3. The predicted octanol–water partition coefficient (Wildman–Crippen LogP) is 5.39. The molecule has 0 fully saturated rings. The Kier molecular flexibility index (Phi) is 3.65. The number of imidazole rings is 1. The number of hydrogen-bond donors (Lipinski definition) is 0. The summed E-state index contributed by atoms with van der Waals surface area (Å²) in [5.74, 6) is 0.917. The zero-order valence-corrected chi connectivity index (χ0v) is 14.8. The average Bonchev–Trinajstić information content (AvgIpc) is 3.01. The SMILES string of the molecule is CC(C)(C)c1ccc2c(n1)nc(-c1ccccc1)n2-c1ccccc1. The summed E-state index contributed by atoms with van der Waals surface area (Å²) in [6.07, 6.45) is 0. The topological polar surface area (TPSA) is 30.7 Å². The van der Waals surface area contributed by atoms with E-state index in [0.29, 0.717) is 0 Å². The number of fused-ring (bicyclic) bond motifs is 1. The third-order valence-corrected chi connectivity index (χ3v) is 4.33. The number of pyridine rings is 1. The fourth-order valence-corrected chi connectivity index (χ4v) is 3.00. The second-order valence-electron chi connectivity index (χ2n) is 7.26. The van der Waals surface area contributed by atoms with Crippen LogP contribution in [0.5, 0.6) is 0 Å². The lowest BCUT2D eigenvalue weighted by Gasteiger charge is -2.17. The molecule has 0 atom stereocenters. The minimum Gasteiger partial charge on any atom is -0.291 e. The van der Waals surface area contributed by atoms with Crippen LogP contribution in [0.3, 0.4) is 0 Å². The predicted molar refractivity (Wildman–Crippen MR) is 103 cm³/mol. The van der Waals surface area contributed by atoms with Crippen LogP contribution in [-0.4, -0.2) is 14.5 Å². The van der Waals surface area contributed by atoms with Crippen LogP contribution in [-0.2, 0) is 5.41 Å². The number of nitrogens with zero attached hydrogens (tertiary/aromatic N) is 3. The second-order valence-corrected chi connectivity index (χ2v) is 7.26. The van der Waals surface area contributed by atoms with Crippen molar-refractivity contribution in [3.63, 3.8) is 0 Å². The maximum absolute atomic E-state index is 4.89. The van der Waals surface area contributed by atoms with Gasteiger partial charge < -0.3 is 0 Å². The van der Waals surface area contributed by atoms with Gasteiger partial charge in [-0.2, -0.15) is 0 Å². The first-order valence-corrected chi connectivity index (χ1v) is 8.55. The van der Waals surface area contributed by atoms with Crippen molar-refractivity contribution >= 4 is 11.2 Å². The smallest absolute Gasteiger partial charge is 0.178 e.